The van der Waals surface area contributed by atoms with Crippen LogP contribution in [0.5, 0.6) is 0 Å². The first-order valence-corrected chi connectivity index (χ1v) is 10.2. The van der Waals surface area contributed by atoms with E-state index in [4.69, 9.17) is 9.47 Å². The molecule has 1 fully saturated rings. The van der Waals surface area contributed by atoms with Crippen molar-refractivity contribution in [1.82, 2.24) is 4.90 Å². The standard InChI is InChI=1S/C22H23NO5S/c1-27-22(26)17-11-13-23(14-12-17)20(24)15-28-21(25)10-8-18-7-9-19(29-18)16-5-3-2-4-6-16/h2-10,17H,11-15H2,1H3/b10-8+. The number of piperidine rings is 1. The van der Waals surface area contributed by atoms with Gasteiger partial charge in [-0.2, -0.15) is 0 Å². The van der Waals surface area contributed by atoms with E-state index in [-0.39, 0.29) is 24.4 Å². The molecule has 29 heavy (non-hydrogen) atoms. The van der Waals surface area contributed by atoms with Crippen molar-refractivity contribution in [2.24, 2.45) is 5.92 Å². The van der Waals surface area contributed by atoms with E-state index in [2.05, 4.69) is 0 Å². The molecule has 0 bridgehead atoms. The highest BCUT2D eigenvalue weighted by molar-refractivity contribution is 7.16. The van der Waals surface area contributed by atoms with Gasteiger partial charge < -0.3 is 14.4 Å². The Morgan fingerprint density at radius 2 is 1.83 bits per heavy atom. The molecule has 1 aliphatic heterocycles. The van der Waals surface area contributed by atoms with E-state index < -0.39 is 5.97 Å². The van der Waals surface area contributed by atoms with Crippen LogP contribution >= 0.6 is 11.3 Å². The van der Waals surface area contributed by atoms with Gasteiger partial charge in [-0.1, -0.05) is 30.3 Å². The van der Waals surface area contributed by atoms with Gasteiger partial charge in [0.1, 0.15) is 0 Å². The molecule has 0 spiro atoms. The lowest BCUT2D eigenvalue weighted by Gasteiger charge is -2.30. The number of thiophene rings is 1. The minimum Gasteiger partial charge on any atom is -0.469 e. The zero-order valence-electron chi connectivity index (χ0n) is 16.2. The van der Waals surface area contributed by atoms with E-state index in [1.807, 2.05) is 42.5 Å². The van der Waals surface area contributed by atoms with Gasteiger partial charge in [0.25, 0.3) is 5.91 Å². The highest BCUT2D eigenvalue weighted by Crippen LogP contribution is 2.28. The van der Waals surface area contributed by atoms with Crippen LogP contribution in [-0.2, 0) is 23.9 Å². The largest absolute Gasteiger partial charge is 0.469 e. The van der Waals surface area contributed by atoms with Crippen molar-refractivity contribution in [1.29, 1.82) is 0 Å². The van der Waals surface area contributed by atoms with E-state index >= 15 is 0 Å². The average molecular weight is 413 g/mol. The van der Waals surface area contributed by atoms with E-state index in [0.29, 0.717) is 25.9 Å². The fraction of sp³-hybridized carbons (Fsp3) is 0.318. The molecular formula is C22H23NO5S. The van der Waals surface area contributed by atoms with Gasteiger partial charge in [-0.05, 0) is 36.6 Å². The Morgan fingerprint density at radius 1 is 1.10 bits per heavy atom. The van der Waals surface area contributed by atoms with Gasteiger partial charge in [0.15, 0.2) is 6.61 Å². The predicted molar refractivity (Wildman–Crippen MR) is 111 cm³/mol. The summed E-state index contributed by atoms with van der Waals surface area (Å²) in [6.07, 6.45) is 4.14. The Hall–Kier alpha value is -2.93. The zero-order chi connectivity index (χ0) is 20.6. The lowest BCUT2D eigenvalue weighted by Crippen LogP contribution is -2.42. The van der Waals surface area contributed by atoms with Crippen molar-refractivity contribution < 1.29 is 23.9 Å². The normalized spacial score (nSPS) is 14.7. The Balaban J connectivity index is 1.44. The second kappa shape index (κ2) is 10.0. The van der Waals surface area contributed by atoms with Crippen LogP contribution in [0.4, 0.5) is 0 Å². The molecule has 1 aliphatic rings. The number of benzene rings is 1. The summed E-state index contributed by atoms with van der Waals surface area (Å²) in [6, 6.07) is 13.9. The molecule has 1 amide bonds. The van der Waals surface area contributed by atoms with E-state index in [9.17, 15) is 14.4 Å². The number of likely N-dealkylation sites (tertiary alicyclic amines) is 1. The second-order valence-corrected chi connectivity index (χ2v) is 7.80. The summed E-state index contributed by atoms with van der Waals surface area (Å²) in [7, 11) is 1.37. The van der Waals surface area contributed by atoms with Crippen molar-refractivity contribution in [2.75, 3.05) is 26.8 Å². The van der Waals surface area contributed by atoms with Crippen molar-refractivity contribution in [3.05, 3.63) is 53.4 Å². The minimum absolute atomic E-state index is 0.166. The van der Waals surface area contributed by atoms with E-state index in [1.54, 1.807) is 22.3 Å². The van der Waals surface area contributed by atoms with Crippen molar-refractivity contribution >= 4 is 35.3 Å². The lowest BCUT2D eigenvalue weighted by atomic mass is 9.97. The molecule has 1 saturated heterocycles. The van der Waals surface area contributed by atoms with Crippen LogP contribution in [0.2, 0.25) is 0 Å². The van der Waals surface area contributed by atoms with Crippen molar-refractivity contribution in [3.63, 3.8) is 0 Å². The predicted octanol–water partition coefficient (Wildman–Crippen LogP) is 3.38. The van der Waals surface area contributed by atoms with Crippen molar-refractivity contribution in [3.8, 4) is 10.4 Å². The first kappa shape index (κ1) is 20.8. The van der Waals surface area contributed by atoms with Crippen LogP contribution < -0.4 is 0 Å². The number of nitrogens with zero attached hydrogens (tertiary/aromatic N) is 1. The molecule has 2 heterocycles. The van der Waals surface area contributed by atoms with Gasteiger partial charge in [0, 0.05) is 28.9 Å². The number of carbonyl (C=O) groups is 3. The van der Waals surface area contributed by atoms with E-state index in [0.717, 1.165) is 15.3 Å². The van der Waals surface area contributed by atoms with Gasteiger partial charge in [0.2, 0.25) is 0 Å². The third-order valence-electron chi connectivity index (χ3n) is 4.79. The maximum absolute atomic E-state index is 12.2. The van der Waals surface area contributed by atoms with Crippen molar-refractivity contribution in [2.45, 2.75) is 12.8 Å². The van der Waals surface area contributed by atoms with Crippen LogP contribution in [0.15, 0.2) is 48.5 Å². The molecule has 2 aromatic rings. The maximum Gasteiger partial charge on any atom is 0.331 e. The zero-order valence-corrected chi connectivity index (χ0v) is 17.0. The smallest absolute Gasteiger partial charge is 0.331 e. The van der Waals surface area contributed by atoms with Crippen LogP contribution in [-0.4, -0.2) is 49.6 Å². The third kappa shape index (κ3) is 5.77. The summed E-state index contributed by atoms with van der Waals surface area (Å²) in [5, 5.41) is 0. The molecule has 1 aromatic carbocycles. The number of rotatable bonds is 6. The number of ether oxygens (including phenoxy) is 2. The summed E-state index contributed by atoms with van der Waals surface area (Å²) in [5.74, 6) is -1.21. The SMILES string of the molecule is COC(=O)C1CCN(C(=O)COC(=O)/C=C/c2ccc(-c3ccccc3)s2)CC1. The summed E-state index contributed by atoms with van der Waals surface area (Å²) >= 11 is 1.57. The minimum atomic E-state index is -0.558. The first-order chi connectivity index (χ1) is 14.1. The fourth-order valence-electron chi connectivity index (χ4n) is 3.15. The summed E-state index contributed by atoms with van der Waals surface area (Å²) in [4.78, 5) is 39.3. The third-order valence-corrected chi connectivity index (χ3v) is 5.89. The summed E-state index contributed by atoms with van der Waals surface area (Å²) in [6.45, 7) is 0.624. The Bertz CT molecular complexity index is 882. The Labute approximate surface area is 173 Å². The number of methoxy groups -OCH3 is 1. The lowest BCUT2D eigenvalue weighted by molar-refractivity contribution is -0.151. The average Bonchev–Trinajstić information content (AvgIpc) is 3.25. The fourth-order valence-corrected chi connectivity index (χ4v) is 4.07. The van der Waals surface area contributed by atoms with Crippen LogP contribution in [0.3, 0.4) is 0 Å². The molecule has 0 aliphatic carbocycles. The molecule has 1 aromatic heterocycles. The molecule has 0 saturated carbocycles. The monoisotopic (exact) mass is 413 g/mol. The summed E-state index contributed by atoms with van der Waals surface area (Å²) < 4.78 is 9.80. The molecule has 152 valence electrons. The number of hydrogen-bond acceptors (Lipinski definition) is 6. The summed E-state index contributed by atoms with van der Waals surface area (Å²) in [5.41, 5.74) is 1.13. The first-order valence-electron chi connectivity index (χ1n) is 9.42. The number of hydrogen-bond donors (Lipinski definition) is 0. The molecule has 0 N–H and O–H groups in total. The highest BCUT2D eigenvalue weighted by Gasteiger charge is 2.28. The topological polar surface area (TPSA) is 72.9 Å². The highest BCUT2D eigenvalue weighted by atomic mass is 32.1. The van der Waals surface area contributed by atoms with Crippen LogP contribution in [0.25, 0.3) is 16.5 Å². The van der Waals surface area contributed by atoms with Crippen LogP contribution in [0, 0.1) is 5.92 Å². The molecule has 7 heteroatoms. The number of esters is 2. The molecule has 0 unspecified atom stereocenters. The molecule has 6 nitrogen and oxygen atoms in total. The quantitative estimate of drug-likeness (QED) is 0.536. The number of amides is 1. The van der Waals surface area contributed by atoms with Crippen LogP contribution in [0.1, 0.15) is 17.7 Å². The number of carbonyl (C=O) groups excluding carboxylic acids is 3. The van der Waals surface area contributed by atoms with Gasteiger partial charge in [0.05, 0.1) is 13.0 Å². The molecular weight excluding hydrogens is 390 g/mol. The molecule has 3 rings (SSSR count). The Morgan fingerprint density at radius 3 is 2.52 bits per heavy atom. The van der Waals surface area contributed by atoms with Gasteiger partial charge in [-0.15, -0.1) is 11.3 Å². The maximum atomic E-state index is 12.2. The molecule has 0 radical (unpaired) electrons. The Kier molecular flexibility index (Phi) is 7.19. The van der Waals surface area contributed by atoms with Gasteiger partial charge >= 0.3 is 11.9 Å². The van der Waals surface area contributed by atoms with E-state index in [1.165, 1.54) is 13.2 Å². The second-order valence-electron chi connectivity index (χ2n) is 6.69. The van der Waals surface area contributed by atoms with Gasteiger partial charge in [-0.25, -0.2) is 4.79 Å². The molecule has 0 atom stereocenters. The van der Waals surface area contributed by atoms with Gasteiger partial charge in [-0.3, -0.25) is 9.59 Å².